The third-order valence-corrected chi connectivity index (χ3v) is 7.13. The normalized spacial score (nSPS) is 15.9. The summed E-state index contributed by atoms with van der Waals surface area (Å²) in [4.78, 5) is 15.7. The predicted molar refractivity (Wildman–Crippen MR) is 140 cm³/mol. The molecule has 1 N–H and O–H groups in total. The number of anilines is 1. The molecule has 2 fully saturated rings. The fourth-order valence-corrected chi connectivity index (χ4v) is 5.15. The van der Waals surface area contributed by atoms with E-state index in [2.05, 4.69) is 45.5 Å². The van der Waals surface area contributed by atoms with Crippen molar-refractivity contribution in [2.45, 2.75) is 5.03 Å². The van der Waals surface area contributed by atoms with Crippen LogP contribution in [0.1, 0.15) is 11.1 Å². The molecule has 0 aromatic carbocycles. The molecule has 1 spiro atoms. The lowest BCUT2D eigenvalue weighted by molar-refractivity contribution is 0.120. The summed E-state index contributed by atoms with van der Waals surface area (Å²) in [6, 6.07) is 8.12. The number of nitriles is 2. The number of ether oxygens (including phenoxy) is 2. The van der Waals surface area contributed by atoms with Crippen molar-refractivity contribution in [1.82, 2.24) is 15.3 Å². The Morgan fingerprint density at radius 2 is 2.03 bits per heavy atom. The largest absolute Gasteiger partial charge is 0.490 e. The van der Waals surface area contributed by atoms with Crippen LogP contribution < -0.4 is 15.0 Å². The Morgan fingerprint density at radius 3 is 2.58 bits per heavy atom. The maximum atomic E-state index is 10.2. The smallest absolute Gasteiger partial charge is 0.148 e. The van der Waals surface area contributed by atoms with Crippen molar-refractivity contribution < 1.29 is 9.47 Å². The molecule has 2 aliphatic rings. The van der Waals surface area contributed by atoms with Crippen LogP contribution in [0.3, 0.4) is 0 Å². The van der Waals surface area contributed by atoms with Gasteiger partial charge in [0.2, 0.25) is 0 Å². The van der Waals surface area contributed by atoms with Gasteiger partial charge < -0.3 is 19.7 Å². The summed E-state index contributed by atoms with van der Waals surface area (Å²) in [5.41, 5.74) is 2.60. The Bertz CT molecular complexity index is 1250. The van der Waals surface area contributed by atoms with Gasteiger partial charge in [-0.25, -0.2) is 4.98 Å². The van der Waals surface area contributed by atoms with E-state index in [0.29, 0.717) is 63.7 Å². The van der Waals surface area contributed by atoms with Gasteiger partial charge in [-0.05, 0) is 18.2 Å². The number of aromatic nitrogens is 2. The van der Waals surface area contributed by atoms with Crippen LogP contribution in [-0.4, -0.2) is 67.9 Å². The van der Waals surface area contributed by atoms with Gasteiger partial charge in [0.1, 0.15) is 40.9 Å². The first kappa shape index (κ1) is 25.4. The molecular weight excluding hydrogens is 474 g/mol. The Kier molecular flexibility index (Phi) is 8.01. The number of rotatable bonds is 11. The van der Waals surface area contributed by atoms with Crippen molar-refractivity contribution in [2.24, 2.45) is 10.4 Å². The summed E-state index contributed by atoms with van der Waals surface area (Å²) in [7, 11) is 1.61. The van der Waals surface area contributed by atoms with E-state index >= 15 is 0 Å². The standard InChI is InChI=1S/C26H27N7O2S/c1-4-18(30-5-2)13-36-25-21(11-28)23(22-7-6-19(12-31-22)35-9-8-34-3)20(10-27)24(32-25)33-16-26(17-33)14-29-15-26/h4-7,12,29H,1-2,8-9,13-17H2,3H3. The number of nitrogens with one attached hydrogen (secondary N) is 1. The van der Waals surface area contributed by atoms with E-state index in [4.69, 9.17) is 14.5 Å². The summed E-state index contributed by atoms with van der Waals surface area (Å²) < 4.78 is 10.6. The minimum Gasteiger partial charge on any atom is -0.490 e. The first-order chi connectivity index (χ1) is 17.6. The van der Waals surface area contributed by atoms with Crippen LogP contribution in [0.2, 0.25) is 0 Å². The maximum absolute atomic E-state index is 10.2. The average Bonchev–Trinajstić information content (AvgIpc) is 2.85. The van der Waals surface area contributed by atoms with Gasteiger partial charge in [0.25, 0.3) is 0 Å². The topological polar surface area (TPSA) is 119 Å². The van der Waals surface area contributed by atoms with E-state index in [1.165, 1.54) is 18.0 Å². The lowest BCUT2D eigenvalue weighted by Gasteiger charge is -2.56. The van der Waals surface area contributed by atoms with Gasteiger partial charge in [0.15, 0.2) is 0 Å². The lowest BCUT2D eigenvalue weighted by Crippen LogP contribution is -2.71. The van der Waals surface area contributed by atoms with Gasteiger partial charge in [-0.2, -0.15) is 10.5 Å². The number of aliphatic imine (C=N–C) groups is 1. The number of hydrogen-bond donors (Lipinski definition) is 1. The maximum Gasteiger partial charge on any atom is 0.148 e. The molecule has 2 aromatic heterocycles. The van der Waals surface area contributed by atoms with Crippen LogP contribution in [0.15, 0.2) is 53.8 Å². The molecule has 184 valence electrons. The Balaban J connectivity index is 1.76. The molecule has 4 rings (SSSR count). The molecule has 0 amide bonds. The molecule has 0 aliphatic carbocycles. The van der Waals surface area contributed by atoms with E-state index in [1.54, 1.807) is 31.5 Å². The number of hydrogen-bond acceptors (Lipinski definition) is 10. The minimum atomic E-state index is 0.238. The molecule has 0 saturated carbocycles. The van der Waals surface area contributed by atoms with E-state index in [-0.39, 0.29) is 5.41 Å². The third-order valence-electron chi connectivity index (χ3n) is 6.12. The van der Waals surface area contributed by atoms with Gasteiger partial charge in [0.05, 0.1) is 29.8 Å². The molecular formula is C26H27N7O2S. The lowest BCUT2D eigenvalue weighted by atomic mass is 9.74. The van der Waals surface area contributed by atoms with E-state index in [0.717, 1.165) is 26.2 Å². The molecule has 0 atom stereocenters. The molecule has 10 heteroatoms. The van der Waals surface area contributed by atoms with Gasteiger partial charge >= 0.3 is 0 Å². The number of thioether (sulfide) groups is 1. The zero-order chi connectivity index (χ0) is 25.5. The zero-order valence-corrected chi connectivity index (χ0v) is 21.0. The Morgan fingerprint density at radius 1 is 1.25 bits per heavy atom. The van der Waals surface area contributed by atoms with Crippen LogP contribution in [-0.2, 0) is 4.74 Å². The second-order valence-electron chi connectivity index (χ2n) is 8.56. The fraction of sp³-hybridized carbons (Fsp3) is 0.346. The number of pyridine rings is 2. The quantitative estimate of drug-likeness (QED) is 0.281. The molecule has 9 nitrogen and oxygen atoms in total. The number of allylic oxidation sites excluding steroid dienone is 1. The van der Waals surface area contributed by atoms with Crippen LogP contribution in [0.5, 0.6) is 5.75 Å². The average molecular weight is 502 g/mol. The highest BCUT2D eigenvalue weighted by atomic mass is 32.2. The van der Waals surface area contributed by atoms with Crippen molar-refractivity contribution in [1.29, 1.82) is 10.5 Å². The molecule has 2 saturated heterocycles. The highest BCUT2D eigenvalue weighted by Crippen LogP contribution is 2.42. The summed E-state index contributed by atoms with van der Waals surface area (Å²) >= 11 is 1.38. The van der Waals surface area contributed by atoms with Gasteiger partial charge in [-0.15, -0.1) is 0 Å². The molecule has 0 bridgehead atoms. The van der Waals surface area contributed by atoms with Crippen LogP contribution in [0.25, 0.3) is 11.3 Å². The molecule has 4 heterocycles. The highest BCUT2D eigenvalue weighted by Gasteiger charge is 2.49. The highest BCUT2D eigenvalue weighted by molar-refractivity contribution is 8.00. The molecule has 2 aliphatic heterocycles. The number of methoxy groups -OCH3 is 1. The van der Waals surface area contributed by atoms with Crippen molar-refractivity contribution in [3.8, 4) is 29.1 Å². The molecule has 0 unspecified atom stereocenters. The first-order valence-electron chi connectivity index (χ1n) is 11.4. The Hall–Kier alpha value is -3.70. The second kappa shape index (κ2) is 11.4. The molecule has 2 aromatic rings. The SMILES string of the molecule is C=CN=C(C=C)CSc1nc(N2CC3(CNC3)C2)c(C#N)c(-c2ccc(OCCOC)cn2)c1C#N. The van der Waals surface area contributed by atoms with E-state index < -0.39 is 0 Å². The second-order valence-corrected chi connectivity index (χ2v) is 9.53. The van der Waals surface area contributed by atoms with Crippen molar-refractivity contribution >= 4 is 23.3 Å². The summed E-state index contributed by atoms with van der Waals surface area (Å²) in [5, 5.41) is 24.2. The minimum absolute atomic E-state index is 0.238. The summed E-state index contributed by atoms with van der Waals surface area (Å²) in [6.45, 7) is 11.8. The number of nitrogens with zero attached hydrogens (tertiary/aromatic N) is 6. The zero-order valence-electron chi connectivity index (χ0n) is 20.2. The van der Waals surface area contributed by atoms with Gasteiger partial charge in [-0.3, -0.25) is 9.98 Å². The summed E-state index contributed by atoms with van der Waals surface area (Å²) in [5.74, 6) is 1.61. The fourth-order valence-electron chi connectivity index (χ4n) is 4.23. The monoisotopic (exact) mass is 501 g/mol. The Labute approximate surface area is 215 Å². The first-order valence-corrected chi connectivity index (χ1v) is 12.4. The van der Waals surface area contributed by atoms with Crippen molar-refractivity contribution in [2.75, 3.05) is 57.2 Å². The van der Waals surface area contributed by atoms with Crippen LogP contribution >= 0.6 is 11.8 Å². The van der Waals surface area contributed by atoms with Crippen LogP contribution in [0, 0.1) is 28.1 Å². The summed E-state index contributed by atoms with van der Waals surface area (Å²) in [6.07, 6.45) is 4.70. The molecule has 36 heavy (non-hydrogen) atoms. The van der Waals surface area contributed by atoms with Gasteiger partial charge in [-0.1, -0.05) is 24.9 Å². The van der Waals surface area contributed by atoms with Gasteiger partial charge in [0, 0.05) is 56.2 Å². The van der Waals surface area contributed by atoms with E-state index in [9.17, 15) is 10.5 Å². The third kappa shape index (κ3) is 5.12. The van der Waals surface area contributed by atoms with Crippen molar-refractivity contribution in [3.05, 3.63) is 54.9 Å². The predicted octanol–water partition coefficient (Wildman–Crippen LogP) is 3.18. The molecule has 0 radical (unpaired) electrons. The van der Waals surface area contributed by atoms with Crippen molar-refractivity contribution in [3.63, 3.8) is 0 Å². The van der Waals surface area contributed by atoms with E-state index in [1.807, 2.05) is 0 Å². The van der Waals surface area contributed by atoms with Crippen LogP contribution in [0.4, 0.5) is 5.82 Å².